The Kier molecular flexibility index (Phi) is 7.39. The first-order chi connectivity index (χ1) is 13.2. The molecule has 144 valence electrons. The summed E-state index contributed by atoms with van der Waals surface area (Å²) >= 11 is 1.83. The summed E-state index contributed by atoms with van der Waals surface area (Å²) in [5.41, 5.74) is 3.68. The van der Waals surface area contributed by atoms with Crippen molar-refractivity contribution in [1.29, 1.82) is 0 Å². The standard InChI is InChI=1S/C21H28N4OS/c1-17-4-6-18(7-5-17)16-27-13-10-23-21(26)24-15-19-8-9-22-20(14-19)25-11-2-3-12-25/h4-9,14H,2-3,10-13,15-16H2,1H3,(H2,23,24,26). The summed E-state index contributed by atoms with van der Waals surface area (Å²) in [5.74, 6) is 2.88. The van der Waals surface area contributed by atoms with Crippen molar-refractivity contribution in [2.45, 2.75) is 32.1 Å². The maximum atomic E-state index is 12.0. The molecule has 0 saturated carbocycles. The maximum absolute atomic E-state index is 12.0. The normalized spacial score (nSPS) is 13.6. The van der Waals surface area contributed by atoms with E-state index in [1.54, 1.807) is 0 Å². The number of rotatable bonds is 8. The Morgan fingerprint density at radius 1 is 1.11 bits per heavy atom. The van der Waals surface area contributed by atoms with E-state index in [9.17, 15) is 4.79 Å². The van der Waals surface area contributed by atoms with Crippen LogP contribution in [0.3, 0.4) is 0 Å². The van der Waals surface area contributed by atoms with Crippen molar-refractivity contribution in [2.75, 3.05) is 30.3 Å². The van der Waals surface area contributed by atoms with Crippen LogP contribution in [0.4, 0.5) is 10.6 Å². The van der Waals surface area contributed by atoms with Gasteiger partial charge in [0, 0.05) is 43.9 Å². The number of nitrogens with one attached hydrogen (secondary N) is 2. The lowest BCUT2D eigenvalue weighted by molar-refractivity contribution is 0.241. The number of thioether (sulfide) groups is 1. The smallest absolute Gasteiger partial charge is 0.315 e. The van der Waals surface area contributed by atoms with E-state index in [1.807, 2.05) is 24.0 Å². The zero-order valence-corrected chi connectivity index (χ0v) is 16.7. The topological polar surface area (TPSA) is 57.3 Å². The zero-order valence-electron chi connectivity index (χ0n) is 15.9. The van der Waals surface area contributed by atoms with Crippen LogP contribution in [0.15, 0.2) is 42.6 Å². The number of urea groups is 1. The molecule has 2 amide bonds. The van der Waals surface area contributed by atoms with Crippen molar-refractivity contribution in [3.05, 3.63) is 59.3 Å². The van der Waals surface area contributed by atoms with Gasteiger partial charge in [-0.2, -0.15) is 11.8 Å². The van der Waals surface area contributed by atoms with Crippen LogP contribution in [0.5, 0.6) is 0 Å². The number of aromatic nitrogens is 1. The van der Waals surface area contributed by atoms with E-state index in [1.165, 1.54) is 24.0 Å². The average molecular weight is 385 g/mol. The van der Waals surface area contributed by atoms with Crippen molar-refractivity contribution in [2.24, 2.45) is 0 Å². The van der Waals surface area contributed by atoms with Crippen molar-refractivity contribution < 1.29 is 4.79 Å². The van der Waals surface area contributed by atoms with Crippen LogP contribution in [-0.4, -0.2) is 36.4 Å². The molecule has 1 saturated heterocycles. The van der Waals surface area contributed by atoms with E-state index in [2.05, 4.69) is 57.8 Å². The van der Waals surface area contributed by atoms with Crippen molar-refractivity contribution in [3.8, 4) is 0 Å². The fraction of sp³-hybridized carbons (Fsp3) is 0.429. The quantitative estimate of drug-likeness (QED) is 0.681. The molecule has 3 rings (SSSR count). The molecule has 0 unspecified atom stereocenters. The number of pyridine rings is 1. The molecule has 2 aromatic rings. The van der Waals surface area contributed by atoms with Gasteiger partial charge in [0.2, 0.25) is 0 Å². The summed E-state index contributed by atoms with van der Waals surface area (Å²) in [6.45, 7) is 5.43. The number of benzene rings is 1. The predicted octanol–water partition coefficient (Wildman–Crippen LogP) is 3.72. The summed E-state index contributed by atoms with van der Waals surface area (Å²) in [6.07, 6.45) is 4.28. The third-order valence-corrected chi connectivity index (χ3v) is 5.64. The lowest BCUT2D eigenvalue weighted by Crippen LogP contribution is -2.36. The SMILES string of the molecule is Cc1ccc(CSCCNC(=O)NCc2ccnc(N3CCCC3)c2)cc1. The zero-order chi connectivity index (χ0) is 18.9. The third-order valence-electron chi connectivity index (χ3n) is 4.61. The molecule has 0 atom stereocenters. The molecule has 0 spiro atoms. The molecule has 0 radical (unpaired) electrons. The van der Waals surface area contributed by atoms with Crippen LogP contribution in [0.25, 0.3) is 0 Å². The number of carbonyl (C=O) groups is 1. The second-order valence-corrected chi connectivity index (χ2v) is 7.97. The van der Waals surface area contributed by atoms with Gasteiger partial charge in [0.15, 0.2) is 0 Å². The van der Waals surface area contributed by atoms with Gasteiger partial charge in [-0.15, -0.1) is 0 Å². The summed E-state index contributed by atoms with van der Waals surface area (Å²) < 4.78 is 0. The second-order valence-electron chi connectivity index (χ2n) is 6.86. The molecule has 2 heterocycles. The van der Waals surface area contributed by atoms with Gasteiger partial charge in [0.05, 0.1) is 0 Å². The predicted molar refractivity (Wildman–Crippen MR) is 113 cm³/mol. The molecule has 5 nitrogen and oxygen atoms in total. The molecule has 1 aromatic carbocycles. The Morgan fingerprint density at radius 2 is 1.89 bits per heavy atom. The van der Waals surface area contributed by atoms with Gasteiger partial charge >= 0.3 is 6.03 Å². The first-order valence-corrected chi connectivity index (χ1v) is 10.7. The Labute approximate surface area is 165 Å². The highest BCUT2D eigenvalue weighted by molar-refractivity contribution is 7.98. The lowest BCUT2D eigenvalue weighted by Gasteiger charge is -2.17. The summed E-state index contributed by atoms with van der Waals surface area (Å²) in [5, 5.41) is 5.85. The summed E-state index contributed by atoms with van der Waals surface area (Å²) in [4.78, 5) is 18.7. The number of carbonyl (C=O) groups excluding carboxylic acids is 1. The first kappa shape index (κ1) is 19.5. The van der Waals surface area contributed by atoms with Gasteiger partial charge in [-0.3, -0.25) is 0 Å². The van der Waals surface area contributed by atoms with Crippen LogP contribution in [0, 0.1) is 6.92 Å². The Morgan fingerprint density at radius 3 is 2.67 bits per heavy atom. The van der Waals surface area contributed by atoms with Gasteiger partial charge in [-0.25, -0.2) is 9.78 Å². The van der Waals surface area contributed by atoms with Gasteiger partial charge in [-0.1, -0.05) is 29.8 Å². The van der Waals surface area contributed by atoms with Crippen molar-refractivity contribution in [3.63, 3.8) is 0 Å². The minimum Gasteiger partial charge on any atom is -0.357 e. The molecule has 0 bridgehead atoms. The van der Waals surface area contributed by atoms with E-state index in [4.69, 9.17) is 0 Å². The molecule has 1 aliphatic rings. The fourth-order valence-corrected chi connectivity index (χ4v) is 3.86. The van der Waals surface area contributed by atoms with E-state index in [0.717, 1.165) is 36.0 Å². The number of hydrogen-bond acceptors (Lipinski definition) is 4. The highest BCUT2D eigenvalue weighted by atomic mass is 32.2. The highest BCUT2D eigenvalue weighted by Gasteiger charge is 2.13. The molecular weight excluding hydrogens is 356 g/mol. The van der Waals surface area contributed by atoms with Crippen molar-refractivity contribution in [1.82, 2.24) is 15.6 Å². The molecular formula is C21H28N4OS. The molecule has 1 aromatic heterocycles. The lowest BCUT2D eigenvalue weighted by atomic mass is 10.2. The largest absolute Gasteiger partial charge is 0.357 e. The second kappa shape index (κ2) is 10.2. The van der Waals surface area contributed by atoms with Crippen molar-refractivity contribution >= 4 is 23.6 Å². The van der Waals surface area contributed by atoms with Crippen LogP contribution < -0.4 is 15.5 Å². The van der Waals surface area contributed by atoms with Gasteiger partial charge in [0.25, 0.3) is 0 Å². The van der Waals surface area contributed by atoms with Crippen LogP contribution in [0.2, 0.25) is 0 Å². The number of aryl methyl sites for hydroxylation is 1. The molecule has 0 aliphatic carbocycles. The van der Waals surface area contributed by atoms with E-state index in [0.29, 0.717) is 13.1 Å². The minimum absolute atomic E-state index is 0.120. The Balaban J connectivity index is 1.31. The summed E-state index contributed by atoms with van der Waals surface area (Å²) in [7, 11) is 0. The van der Waals surface area contributed by atoms with Crippen LogP contribution in [0.1, 0.15) is 29.5 Å². The molecule has 1 aliphatic heterocycles. The van der Waals surface area contributed by atoms with Crippen LogP contribution in [-0.2, 0) is 12.3 Å². The number of anilines is 1. The maximum Gasteiger partial charge on any atom is 0.315 e. The minimum atomic E-state index is -0.120. The van der Waals surface area contributed by atoms with E-state index in [-0.39, 0.29) is 6.03 Å². The molecule has 27 heavy (non-hydrogen) atoms. The number of hydrogen-bond donors (Lipinski definition) is 2. The number of nitrogens with zero attached hydrogens (tertiary/aromatic N) is 2. The Hall–Kier alpha value is -2.21. The highest BCUT2D eigenvalue weighted by Crippen LogP contribution is 2.18. The third kappa shape index (κ3) is 6.47. The molecule has 2 N–H and O–H groups in total. The van der Waals surface area contributed by atoms with Gasteiger partial charge in [-0.05, 0) is 43.0 Å². The monoisotopic (exact) mass is 384 g/mol. The summed E-state index contributed by atoms with van der Waals surface area (Å²) in [6, 6.07) is 12.5. The van der Waals surface area contributed by atoms with Gasteiger partial charge < -0.3 is 15.5 Å². The van der Waals surface area contributed by atoms with E-state index >= 15 is 0 Å². The fourth-order valence-electron chi connectivity index (χ4n) is 3.05. The molecule has 6 heteroatoms. The molecule has 1 fully saturated rings. The van der Waals surface area contributed by atoms with E-state index < -0.39 is 0 Å². The number of amides is 2. The Bertz CT molecular complexity index is 729. The van der Waals surface area contributed by atoms with Gasteiger partial charge in [0.1, 0.15) is 5.82 Å². The first-order valence-electron chi connectivity index (χ1n) is 9.55. The average Bonchev–Trinajstić information content (AvgIpc) is 3.23. The van der Waals surface area contributed by atoms with Crippen LogP contribution >= 0.6 is 11.8 Å².